The number of H-pyrrole nitrogens is 1. The van der Waals surface area contributed by atoms with Crippen LogP contribution in [0.4, 0.5) is 37.1 Å². The number of hydrazone groups is 1. The third-order valence-corrected chi connectivity index (χ3v) is 13.6. The van der Waals surface area contributed by atoms with Gasteiger partial charge in [-0.05, 0) is 73.2 Å². The molecule has 35 nitrogen and oxygen atoms in total. The second kappa shape index (κ2) is 40.1. The molecule has 1 aromatic carbocycles. The van der Waals surface area contributed by atoms with E-state index in [1.165, 1.54) is 53.2 Å². The summed E-state index contributed by atoms with van der Waals surface area (Å²) in [5.41, 5.74) is 3.47. The number of amides is 5. The lowest BCUT2D eigenvalue weighted by Crippen LogP contribution is -2.40. The number of pyridine rings is 1. The highest BCUT2D eigenvalue weighted by molar-refractivity contribution is 7.52. The van der Waals surface area contributed by atoms with E-state index >= 15 is 0 Å². The zero-order valence-corrected chi connectivity index (χ0v) is 50.9. The van der Waals surface area contributed by atoms with Crippen LogP contribution in [0.1, 0.15) is 62.5 Å². The lowest BCUT2D eigenvalue weighted by atomic mass is 10.2. The molecule has 3 fully saturated rings. The molecule has 4 aliphatic rings. The Balaban J connectivity index is 0.000000287. The van der Waals surface area contributed by atoms with Crippen molar-refractivity contribution in [2.75, 3.05) is 88.6 Å². The van der Waals surface area contributed by atoms with Gasteiger partial charge in [0.15, 0.2) is 17.4 Å². The Hall–Kier alpha value is -8.68. The summed E-state index contributed by atoms with van der Waals surface area (Å²) < 4.78 is 45.7. The summed E-state index contributed by atoms with van der Waals surface area (Å²) in [5.74, 6) is 3.02. The van der Waals surface area contributed by atoms with Crippen molar-refractivity contribution in [2.45, 2.75) is 84.1 Å². The highest BCUT2D eigenvalue weighted by atomic mass is 31.2. The molecule has 37 heteroatoms. The fourth-order valence-electron chi connectivity index (χ4n) is 7.55. The number of halogens is 1. The number of aromatic amines is 1. The van der Waals surface area contributed by atoms with Crippen LogP contribution >= 0.6 is 7.60 Å². The van der Waals surface area contributed by atoms with Gasteiger partial charge in [0.2, 0.25) is 11.8 Å². The molecule has 13 N–H and O–H groups in total. The number of carbonyl (C=O) groups is 4. The normalized spacial score (nSPS) is 17.0. The number of morpholine rings is 1. The zero-order valence-electron chi connectivity index (χ0n) is 50.0. The van der Waals surface area contributed by atoms with Crippen molar-refractivity contribution in [3.05, 3.63) is 129 Å². The number of aliphatic imine (C=N–C) groups is 1. The van der Waals surface area contributed by atoms with Crippen molar-refractivity contribution in [3.8, 4) is 0 Å². The lowest BCUT2D eigenvalue weighted by molar-refractivity contribution is -0.402. The van der Waals surface area contributed by atoms with Gasteiger partial charge in [-0.2, -0.15) is 10.1 Å². The number of aliphatic hydroxyl groups excluding tert-OH is 4. The second-order valence-electron chi connectivity index (χ2n) is 19.0. The van der Waals surface area contributed by atoms with E-state index in [0.717, 1.165) is 37.2 Å². The van der Waals surface area contributed by atoms with Crippen LogP contribution in [0.3, 0.4) is 0 Å². The quantitative estimate of drug-likeness (QED) is 0.00733. The molecule has 0 bridgehead atoms. The molecule has 5 amide bonds. The zero-order chi connectivity index (χ0) is 66.8. The van der Waals surface area contributed by atoms with E-state index in [9.17, 15) is 48.4 Å². The fourth-order valence-corrected chi connectivity index (χ4v) is 8.45. The number of cyclic esters (lactones) is 1. The summed E-state index contributed by atoms with van der Waals surface area (Å²) >= 11 is 0. The number of nitrogens with two attached hydrogens (primary N) is 1. The van der Waals surface area contributed by atoms with Crippen molar-refractivity contribution in [3.63, 3.8) is 0 Å². The summed E-state index contributed by atoms with van der Waals surface area (Å²) in [4.78, 5) is 97.7. The lowest BCUT2D eigenvalue weighted by Gasteiger charge is -2.29. The van der Waals surface area contributed by atoms with Crippen LogP contribution in [0.15, 0.2) is 100 Å². The van der Waals surface area contributed by atoms with Gasteiger partial charge in [-0.3, -0.25) is 39.6 Å². The van der Waals surface area contributed by atoms with Crippen LogP contribution in [-0.4, -0.2) is 210 Å². The highest BCUT2D eigenvalue weighted by Crippen LogP contribution is 2.52. The van der Waals surface area contributed by atoms with E-state index in [-0.39, 0.29) is 99.3 Å². The Morgan fingerprint density at radius 2 is 1.60 bits per heavy atom. The van der Waals surface area contributed by atoms with Crippen molar-refractivity contribution in [2.24, 2.45) is 15.9 Å². The number of hydrogen-bond donors (Lipinski definition) is 12. The minimum Gasteiger partial charge on any atom is -0.495 e. The van der Waals surface area contributed by atoms with Crippen molar-refractivity contribution >= 4 is 66.7 Å². The maximum atomic E-state index is 14.4. The molecule has 9 rings (SSSR count). The number of aliphatic hydroxyl groups is 4. The third-order valence-electron chi connectivity index (χ3n) is 12.4. The van der Waals surface area contributed by atoms with E-state index in [1.54, 1.807) is 38.1 Å². The molecule has 0 unspecified atom stereocenters. The van der Waals surface area contributed by atoms with Gasteiger partial charge in [-0.15, -0.1) is 0 Å². The van der Waals surface area contributed by atoms with Gasteiger partial charge in [0.25, 0.3) is 5.91 Å². The molecule has 0 radical (unpaired) electrons. The van der Waals surface area contributed by atoms with Gasteiger partial charge >= 0.3 is 31.4 Å². The first-order chi connectivity index (χ1) is 42.9. The van der Waals surface area contributed by atoms with Crippen molar-refractivity contribution in [1.29, 1.82) is 0 Å². The number of furan rings is 1. The number of aryl methyl sites for hydroxylation is 1. The number of nitrogen functional groups attached to an aromatic ring is 1. The molecule has 5 aromatic rings. The number of hydrazine groups is 1. The van der Waals surface area contributed by atoms with Gasteiger partial charge in [0.05, 0.1) is 75.9 Å². The fraction of sp³-hybridized carbons (Fsp3) is 0.472. The van der Waals surface area contributed by atoms with Crippen LogP contribution in [0, 0.1) is 33.0 Å². The molecular weight excluding hydrogens is 1210 g/mol. The monoisotopic (exact) mass is 1290 g/mol. The molecule has 3 saturated heterocycles. The standard InChI is InChI=1S/C16H20FN3O4.C10H24N2O2.C8H6N4O5.C6H9N3O3.C6H7N3O.C4H5N.C3H7O4P/c1-11(21)18-9-13-10-20(16(22)24-13)12-2-3-15(14(17)8-12)19-4-6-23-7-5-19;1-3-9(7-13)11-5-6-12-10(4-2)8-14;13-6-4-11(8(14)10-6)9-3-5-1-2-7(17-5)12(15)16;1-5-7-4-6(9(11)12)8(5)2-3-10;7-9-6(10)5-1-3-8-4-2-5;1-2-4-5-3-1;1-2-3(7-2)8(4,5)6/h2-3,8,13H,4-7,9-10H2,1H3,(H,18,21);9-14H,3-8H2,1-2H3;1-3H,4H2,(H,10,13,14);4,10H,2-3H2,1H3;1-4H,7H2,(H,9,10);1-5H;2-3H,1H3,(H2,4,5,6)/b;;9-3+;;;;/t13-;9-,10-;;;;;2-,3+/m00....0/s1. The maximum Gasteiger partial charge on any atom is 0.433 e. The summed E-state index contributed by atoms with van der Waals surface area (Å²) in [7, 11) is -3.90. The predicted octanol–water partition coefficient (Wildman–Crippen LogP) is 2.45. The molecule has 90 heavy (non-hydrogen) atoms. The number of epoxide rings is 1. The maximum absolute atomic E-state index is 14.4. The number of carbonyl (C=O) groups excluding carboxylic acids is 4. The van der Waals surface area contributed by atoms with Crippen molar-refractivity contribution in [1.82, 2.24) is 45.9 Å². The SMILES string of the molecule is CC(=O)NC[C@H]1CN(c2ccc(N3CCOCC3)c(F)c2)C(=O)O1.CC[C@@H](CO)NCCN[C@@H](CC)CO.C[C@@H]1O[C@@H]1P(=O)(O)O.Cc1ncc([N+](=O)[O-])n1CCO.NNC(=O)c1ccncc1.O=C1N=C(O)CN1/N=C/c1ccc([N+](=O)[O-])o1.c1cc[nH]c1. The molecule has 0 spiro atoms. The Labute approximate surface area is 515 Å². The van der Waals surface area contributed by atoms with Gasteiger partial charge < -0.3 is 84.8 Å². The first-order valence-electron chi connectivity index (χ1n) is 27.8. The largest absolute Gasteiger partial charge is 0.495 e. The Morgan fingerprint density at radius 3 is 2.04 bits per heavy atom. The summed E-state index contributed by atoms with van der Waals surface area (Å²) in [6, 6.07) is 14.0. The average Bonchev–Trinajstić information content (AvgIpc) is 1.70. The minimum absolute atomic E-state index is 0.0819. The molecule has 8 heterocycles. The van der Waals surface area contributed by atoms with Gasteiger partial charge in [-0.1, -0.05) is 13.8 Å². The Kier molecular flexibility index (Phi) is 33.6. The topological polar surface area (TPSA) is 492 Å². The first-order valence-corrected chi connectivity index (χ1v) is 29.5. The smallest absolute Gasteiger partial charge is 0.433 e. The minimum atomic E-state index is -3.90. The molecule has 5 atom stereocenters. The number of aromatic nitrogens is 4. The van der Waals surface area contributed by atoms with E-state index in [1.807, 2.05) is 48.7 Å². The Bertz CT molecular complexity index is 3050. The van der Waals surface area contributed by atoms with E-state index < -0.39 is 47.4 Å². The van der Waals surface area contributed by atoms with Crippen LogP contribution in [0.2, 0.25) is 0 Å². The van der Waals surface area contributed by atoms with E-state index in [4.69, 9.17) is 49.9 Å². The third kappa shape index (κ3) is 27.4. The van der Waals surface area contributed by atoms with Gasteiger partial charge in [0.1, 0.15) is 36.1 Å². The van der Waals surface area contributed by atoms with Crippen molar-refractivity contribution < 1.29 is 86.8 Å². The highest BCUT2D eigenvalue weighted by Gasteiger charge is 2.48. The summed E-state index contributed by atoms with van der Waals surface area (Å²) in [5, 5.41) is 69.7. The molecule has 0 aliphatic carbocycles. The number of imidazole rings is 1. The molecule has 4 aliphatic heterocycles. The van der Waals surface area contributed by atoms with Crippen LogP contribution < -0.4 is 37.0 Å². The number of nitrogens with zero attached hydrogens (tertiary/aromatic N) is 10. The number of benzene rings is 1. The van der Waals surface area contributed by atoms with Crippen LogP contribution in [0.5, 0.6) is 0 Å². The number of nitrogens with one attached hydrogen (secondary N) is 5. The Morgan fingerprint density at radius 1 is 0.978 bits per heavy atom. The molecular formula is C53H78FN16O19P. The molecule has 0 saturated carbocycles. The van der Waals surface area contributed by atoms with Gasteiger partial charge in [-0.25, -0.2) is 34.4 Å². The number of hydrogen-bond acceptors (Lipinski definition) is 23. The van der Waals surface area contributed by atoms with Crippen LogP contribution in [0.25, 0.3) is 0 Å². The average molecular weight is 1290 g/mol. The second-order valence-corrected chi connectivity index (χ2v) is 20.7. The predicted molar refractivity (Wildman–Crippen MR) is 323 cm³/mol. The number of urea groups is 1. The summed E-state index contributed by atoms with van der Waals surface area (Å²) in [6.45, 7) is 13.7. The number of ether oxygens (including phenoxy) is 3. The number of nitro groups is 2. The number of anilines is 2. The van der Waals surface area contributed by atoms with E-state index in [0.29, 0.717) is 49.1 Å². The summed E-state index contributed by atoms with van der Waals surface area (Å²) in [6.07, 6.45) is 9.77. The molecule has 496 valence electrons. The van der Waals surface area contributed by atoms with E-state index in [2.05, 4.69) is 45.7 Å². The van der Waals surface area contributed by atoms with Gasteiger partial charge in [0, 0.05) is 82.5 Å². The van der Waals surface area contributed by atoms with Crippen LogP contribution in [-0.2, 0) is 30.1 Å². The first kappa shape index (κ1) is 75.6. The molecule has 4 aromatic heterocycles. The number of rotatable bonds is 21.